The molecule has 0 N–H and O–H groups in total. The van der Waals surface area contributed by atoms with Crippen molar-refractivity contribution in [2.24, 2.45) is 0 Å². The minimum Gasteiger partial charge on any atom is -0.172 e. The fourth-order valence-corrected chi connectivity index (χ4v) is 18.9. The highest BCUT2D eigenvalue weighted by atomic mass is 127. The lowest BCUT2D eigenvalue weighted by Gasteiger charge is -2.35. The van der Waals surface area contributed by atoms with Gasteiger partial charge in [-0.05, 0) is 122 Å². The molecule has 0 bridgehead atoms. The number of unbranched alkanes of at least 4 members (excludes halogenated alkanes) is 48. The number of hydrogen-bond acceptors (Lipinski definition) is 6. The van der Waals surface area contributed by atoms with Gasteiger partial charge in [-0.2, -0.15) is 17.5 Å². The lowest BCUT2D eigenvalue weighted by Crippen LogP contribution is -2.27. The summed E-state index contributed by atoms with van der Waals surface area (Å²) in [4.78, 5) is 0. The van der Waals surface area contributed by atoms with Crippen LogP contribution in [0.15, 0.2) is 28.7 Å². The summed E-state index contributed by atoms with van der Waals surface area (Å²) in [6.07, 6.45) is 77.1. The molecule has 2 aliphatic carbocycles. The molecule has 0 fully saturated rings. The van der Waals surface area contributed by atoms with Crippen LogP contribution >= 0.6 is 62.0 Å². The van der Waals surface area contributed by atoms with E-state index < -0.39 is 0 Å². The summed E-state index contributed by atoms with van der Waals surface area (Å²) < 4.78 is 23.1. The highest BCUT2D eigenvalue weighted by Gasteiger charge is 2.50. The maximum absolute atomic E-state index is 5.31. The van der Waals surface area contributed by atoms with Gasteiger partial charge in [-0.1, -0.05) is 362 Å². The van der Waals surface area contributed by atoms with Crippen LogP contribution in [0, 0.1) is 3.57 Å². The van der Waals surface area contributed by atoms with Crippen LogP contribution in [0.3, 0.4) is 0 Å². The molecule has 0 saturated carbocycles. The quantitative estimate of drug-likeness (QED) is 0.0288. The molecule has 2 heterocycles. The molecule has 0 saturated heterocycles. The van der Waals surface area contributed by atoms with Gasteiger partial charge in [0.2, 0.25) is 0 Å². The highest BCUT2D eigenvalue weighted by molar-refractivity contribution is 14.1. The van der Waals surface area contributed by atoms with Gasteiger partial charge in [0.1, 0.15) is 22.1 Å². The summed E-state index contributed by atoms with van der Waals surface area (Å²) in [6, 6.07) is 10.8. The molecule has 5 aromatic rings. The molecule has 494 valence electrons. The third-order valence-electron chi connectivity index (χ3n) is 21.6. The van der Waals surface area contributed by atoms with E-state index >= 15 is 0 Å². The Labute approximate surface area is 571 Å². The number of rotatable bonds is 56. The fraction of sp³-hybridized carbons (Fsp3) is 0.775. The SMILES string of the molecule is CCCCCCCCCCCCCCCC1(CCCCCCCCCCCCCCC)c2cc3c(cc2-c2c1cc(Br)c1nsnc21)C(CCCCCCCCCCCCCCC)(CCCCCCCCCCCCCCC)c1cc(I)c2nsnc2c1-3. The van der Waals surface area contributed by atoms with E-state index in [1.165, 1.54) is 414 Å². The fourth-order valence-electron chi connectivity index (χ4n) is 16.3. The molecule has 88 heavy (non-hydrogen) atoms. The first-order valence-corrected chi connectivity index (χ1v) is 41.9. The van der Waals surface area contributed by atoms with Gasteiger partial charge in [0.25, 0.3) is 0 Å². The van der Waals surface area contributed by atoms with Crippen LogP contribution in [-0.2, 0) is 10.8 Å². The number of benzene rings is 3. The zero-order valence-corrected chi connectivity index (χ0v) is 62.6. The van der Waals surface area contributed by atoms with Gasteiger partial charge in [-0.15, -0.1) is 0 Å². The second-order valence-corrected chi connectivity index (χ2v) is 31.6. The summed E-state index contributed by atoms with van der Waals surface area (Å²) in [6.45, 7) is 9.32. The van der Waals surface area contributed by atoms with E-state index in [4.69, 9.17) is 17.5 Å². The minimum absolute atomic E-state index is 0.0582. The normalized spacial score (nSPS) is 13.8. The minimum atomic E-state index is -0.0757. The van der Waals surface area contributed by atoms with Crippen molar-refractivity contribution in [1.29, 1.82) is 0 Å². The van der Waals surface area contributed by atoms with E-state index in [2.05, 4.69) is 90.5 Å². The molecule has 0 unspecified atom stereocenters. The molecule has 4 nitrogen and oxygen atoms in total. The lowest BCUT2D eigenvalue weighted by atomic mass is 9.68. The van der Waals surface area contributed by atoms with Crippen LogP contribution in [0.4, 0.5) is 0 Å². The summed E-state index contributed by atoms with van der Waals surface area (Å²) in [7, 11) is 0. The molecule has 0 atom stereocenters. The zero-order chi connectivity index (χ0) is 61.8. The van der Waals surface area contributed by atoms with Crippen LogP contribution in [0.2, 0.25) is 0 Å². The second kappa shape index (κ2) is 43.5. The van der Waals surface area contributed by atoms with Crippen molar-refractivity contribution in [2.75, 3.05) is 0 Å². The van der Waals surface area contributed by atoms with Crippen molar-refractivity contribution in [3.8, 4) is 22.3 Å². The third kappa shape index (κ3) is 22.3. The van der Waals surface area contributed by atoms with Gasteiger partial charge >= 0.3 is 0 Å². The molecule has 0 aliphatic heterocycles. The maximum Gasteiger partial charge on any atom is 0.119 e. The zero-order valence-electron chi connectivity index (χ0n) is 57.3. The van der Waals surface area contributed by atoms with E-state index in [-0.39, 0.29) is 10.8 Å². The van der Waals surface area contributed by atoms with Crippen LogP contribution in [0.1, 0.15) is 410 Å². The average molecular weight is 1420 g/mol. The van der Waals surface area contributed by atoms with E-state index in [9.17, 15) is 0 Å². The van der Waals surface area contributed by atoms with Crippen LogP contribution in [-0.4, -0.2) is 17.5 Å². The van der Waals surface area contributed by atoms with Crippen molar-refractivity contribution in [1.82, 2.24) is 17.5 Å². The first-order chi connectivity index (χ1) is 43.5. The lowest BCUT2D eigenvalue weighted by molar-refractivity contribution is 0.393. The van der Waals surface area contributed by atoms with Crippen molar-refractivity contribution in [2.45, 2.75) is 398 Å². The first-order valence-electron chi connectivity index (χ1n) is 38.6. The molecule has 7 rings (SSSR count). The average Bonchev–Trinajstić information content (AvgIpc) is 1.53. The molecule has 3 aromatic carbocycles. The molecule has 0 radical (unpaired) electrons. The highest BCUT2D eigenvalue weighted by Crippen LogP contribution is 2.63. The Balaban J connectivity index is 1.16. The predicted molar refractivity (Wildman–Crippen MR) is 402 cm³/mol. The predicted octanol–water partition coefficient (Wildman–Crippen LogP) is 29.5. The topological polar surface area (TPSA) is 51.6 Å². The van der Waals surface area contributed by atoms with Crippen molar-refractivity contribution in [3.05, 3.63) is 54.6 Å². The standard InChI is InChI=1S/C80H128BrIN4S2/c1-5-9-13-17-21-25-29-33-37-41-45-49-53-57-79(58-54-50-46-42-38-34-30-26-22-18-14-10-6-2)67-62-66-68(61-65(67)73-69(79)63-71(81)75-77(73)85-87-83-75)80(70-64-72(82)76-78(74(66)70)86-88-84-76,59-55-51-47-43-39-35-31-27-23-19-15-11-7-3)60-56-52-48-44-40-36-32-28-24-20-16-12-8-4/h61-64H,5-60H2,1-4H3. The van der Waals surface area contributed by atoms with E-state index in [0.717, 1.165) is 26.5 Å². The van der Waals surface area contributed by atoms with Crippen LogP contribution in [0.5, 0.6) is 0 Å². The summed E-state index contributed by atoms with van der Waals surface area (Å²) >= 11 is 9.64. The Morgan fingerprint density at radius 1 is 0.284 bits per heavy atom. The number of hydrogen-bond donors (Lipinski definition) is 0. The Morgan fingerprint density at radius 2 is 0.511 bits per heavy atom. The molecular weight excluding hydrogens is 1290 g/mol. The molecular formula is C80H128BrIN4S2. The molecule has 0 amide bonds. The van der Waals surface area contributed by atoms with Crippen molar-refractivity contribution < 1.29 is 0 Å². The molecule has 0 spiro atoms. The third-order valence-corrected chi connectivity index (χ3v) is 24.1. The Hall–Kier alpha value is -1.49. The Morgan fingerprint density at radius 3 is 0.795 bits per heavy atom. The number of fused-ring (bicyclic) bond motifs is 10. The smallest absolute Gasteiger partial charge is 0.119 e. The van der Waals surface area contributed by atoms with E-state index in [1.54, 1.807) is 16.7 Å². The first kappa shape index (κ1) is 73.9. The Bertz CT molecular complexity index is 2410. The van der Waals surface area contributed by atoms with Gasteiger partial charge in [-0.25, -0.2) is 0 Å². The molecule has 2 aromatic heterocycles. The van der Waals surface area contributed by atoms with E-state index in [1.807, 2.05) is 0 Å². The van der Waals surface area contributed by atoms with Crippen LogP contribution in [0.25, 0.3) is 44.3 Å². The maximum atomic E-state index is 5.31. The van der Waals surface area contributed by atoms with Gasteiger partial charge in [0.15, 0.2) is 0 Å². The van der Waals surface area contributed by atoms with Gasteiger partial charge < -0.3 is 0 Å². The number of aromatic nitrogens is 4. The molecule has 8 heteroatoms. The summed E-state index contributed by atoms with van der Waals surface area (Å²) in [5.41, 5.74) is 16.4. The van der Waals surface area contributed by atoms with Gasteiger partial charge in [0.05, 0.1) is 23.5 Å². The number of halogens is 2. The van der Waals surface area contributed by atoms with E-state index in [0.29, 0.717) is 0 Å². The van der Waals surface area contributed by atoms with Gasteiger partial charge in [0, 0.05) is 30.0 Å². The monoisotopic (exact) mass is 1410 g/mol. The molecule has 2 aliphatic rings. The van der Waals surface area contributed by atoms with Crippen molar-refractivity contribution >= 4 is 84.0 Å². The second-order valence-electron chi connectivity index (χ2n) is 28.6. The number of nitrogens with zero attached hydrogens (tertiary/aromatic N) is 4. The van der Waals surface area contributed by atoms with Gasteiger partial charge in [-0.3, -0.25) is 0 Å². The summed E-state index contributed by atoms with van der Waals surface area (Å²) in [5.74, 6) is 0. The summed E-state index contributed by atoms with van der Waals surface area (Å²) in [5, 5.41) is 0. The van der Waals surface area contributed by atoms with Crippen LogP contribution < -0.4 is 0 Å². The van der Waals surface area contributed by atoms with Crippen molar-refractivity contribution in [3.63, 3.8) is 0 Å². The largest absolute Gasteiger partial charge is 0.172 e. The Kier molecular flexibility index (Phi) is 36.5.